The van der Waals surface area contributed by atoms with E-state index in [0.29, 0.717) is 41.8 Å². The van der Waals surface area contributed by atoms with Crippen LogP contribution in [0.4, 0.5) is 18.9 Å². The number of aromatic nitrogens is 4. The van der Waals surface area contributed by atoms with Crippen molar-refractivity contribution in [3.63, 3.8) is 0 Å². The number of carbonyl (C=O) groups is 4. The fraction of sp³-hybridized carbons (Fsp3) is 0.200. The average molecular weight is 720 g/mol. The molecular formula is C35H36F3N9O5. The number of halogens is 3. The van der Waals surface area contributed by atoms with Gasteiger partial charge in [0.1, 0.15) is 17.6 Å². The molecule has 0 aliphatic carbocycles. The third-order valence-electron chi connectivity index (χ3n) is 7.04. The normalized spacial score (nSPS) is 15.4. The Bertz CT molecular complexity index is 1870. The van der Waals surface area contributed by atoms with Crippen molar-refractivity contribution in [2.45, 2.75) is 38.7 Å². The van der Waals surface area contributed by atoms with Crippen molar-refractivity contribution in [1.82, 2.24) is 35.1 Å². The van der Waals surface area contributed by atoms with Crippen LogP contribution in [0.25, 0.3) is 0 Å². The van der Waals surface area contributed by atoms with Crippen molar-refractivity contribution in [1.29, 1.82) is 0 Å². The maximum atomic E-state index is 13.0. The van der Waals surface area contributed by atoms with E-state index in [1.165, 1.54) is 11.1 Å². The molecule has 1 fully saturated rings. The number of imidazole rings is 1. The lowest BCUT2D eigenvalue weighted by Crippen LogP contribution is -2.55. The number of nitrogens with two attached hydrogens (primary N) is 1. The highest BCUT2D eigenvalue weighted by atomic mass is 19.4. The second-order valence-corrected chi connectivity index (χ2v) is 10.7. The van der Waals surface area contributed by atoms with Crippen molar-refractivity contribution in [2.75, 3.05) is 6.54 Å². The van der Waals surface area contributed by atoms with Crippen molar-refractivity contribution in [3.8, 4) is 0 Å². The van der Waals surface area contributed by atoms with Gasteiger partial charge in [-0.15, -0.1) is 0 Å². The second kappa shape index (κ2) is 19.5. The molecule has 0 radical (unpaired) electrons. The average Bonchev–Trinajstić information content (AvgIpc) is 3.66. The quantitative estimate of drug-likeness (QED) is 0.147. The Morgan fingerprint density at radius 1 is 1.10 bits per heavy atom. The van der Waals surface area contributed by atoms with Gasteiger partial charge in [-0.2, -0.15) is 13.2 Å². The summed E-state index contributed by atoms with van der Waals surface area (Å²) in [5, 5.41) is 12.1. The van der Waals surface area contributed by atoms with E-state index in [4.69, 9.17) is 15.6 Å². The standard InChI is InChI=1S/C20H19F3N6O2.C14H15N3O.CH2O2/c1-2-29-17(26-13-6-4-3-5-7-13)12(11-24)10-14(19(29)31)27-18(30)16-25-9-8-15(28-16)20(21,22)23;1-12(10-17-8-7-15-11-17)14(18)16-9-13-5-3-2-4-6-13;2-1-3/h3-9,11,14H,2,10,24H2,1H3,(H,27,30);2-8,11H,1,9-10H2,(H,16,18);1H,(H,2,3)/b12-11-,26-17?;;. The fourth-order valence-electron chi connectivity index (χ4n) is 4.61. The van der Waals surface area contributed by atoms with Gasteiger partial charge in [0, 0.05) is 55.4 Å². The van der Waals surface area contributed by atoms with Crippen molar-refractivity contribution < 1.29 is 37.5 Å². The van der Waals surface area contributed by atoms with E-state index in [1.54, 1.807) is 49.9 Å². The summed E-state index contributed by atoms with van der Waals surface area (Å²) in [7, 11) is 0. The number of carbonyl (C=O) groups excluding carboxylic acids is 3. The number of aliphatic imine (C=N–C) groups is 1. The predicted molar refractivity (Wildman–Crippen MR) is 184 cm³/mol. The number of nitrogens with zero attached hydrogens (tertiary/aromatic N) is 6. The number of carboxylic acid groups (broad SMARTS) is 1. The first-order chi connectivity index (χ1) is 24.9. The molecule has 4 aromatic rings. The minimum Gasteiger partial charge on any atom is -0.483 e. The number of hydrogen-bond donors (Lipinski definition) is 4. The molecule has 5 N–H and O–H groups in total. The lowest BCUT2D eigenvalue weighted by Gasteiger charge is -2.34. The van der Waals surface area contributed by atoms with E-state index in [9.17, 15) is 27.6 Å². The minimum absolute atomic E-state index is 0.0161. The van der Waals surface area contributed by atoms with E-state index in [0.717, 1.165) is 11.8 Å². The third kappa shape index (κ3) is 11.7. The molecule has 3 amide bonds. The second-order valence-electron chi connectivity index (χ2n) is 10.7. The summed E-state index contributed by atoms with van der Waals surface area (Å²) in [4.78, 5) is 62.2. The molecule has 1 aliphatic heterocycles. The number of alkyl halides is 3. The summed E-state index contributed by atoms with van der Waals surface area (Å²) in [6, 6.07) is 18.3. The van der Waals surface area contributed by atoms with Gasteiger partial charge in [-0.25, -0.2) is 19.9 Å². The van der Waals surface area contributed by atoms with Gasteiger partial charge in [0.2, 0.25) is 11.7 Å². The van der Waals surface area contributed by atoms with E-state index in [2.05, 4.69) is 37.2 Å². The number of amides is 3. The Labute approximate surface area is 296 Å². The fourth-order valence-corrected chi connectivity index (χ4v) is 4.61. The highest BCUT2D eigenvalue weighted by Gasteiger charge is 2.37. The Hall–Kier alpha value is -6.65. The molecule has 0 saturated carbocycles. The summed E-state index contributed by atoms with van der Waals surface area (Å²) in [5.41, 5.74) is 7.19. The largest absolute Gasteiger partial charge is 0.483 e. The SMILES string of the molecule is C=C(Cn1ccnc1)C(=O)NCc1ccccc1.CCN1C(=O)C(NC(=O)c2nccc(C(F)(F)F)n2)C/C(=C/N)C1=Nc1ccccc1.O=CO. The Kier molecular flexibility index (Phi) is 14.9. The zero-order valence-corrected chi connectivity index (χ0v) is 27.9. The first-order valence-electron chi connectivity index (χ1n) is 15.5. The predicted octanol–water partition coefficient (Wildman–Crippen LogP) is 3.88. The lowest BCUT2D eigenvalue weighted by atomic mass is 9.98. The lowest BCUT2D eigenvalue weighted by molar-refractivity contribution is -0.141. The van der Waals surface area contributed by atoms with Crippen LogP contribution in [0.1, 0.15) is 35.2 Å². The molecule has 52 heavy (non-hydrogen) atoms. The number of amidine groups is 1. The number of piperidine rings is 1. The zero-order chi connectivity index (χ0) is 38.1. The van der Waals surface area contributed by atoms with Gasteiger partial charge in [0.25, 0.3) is 18.3 Å². The van der Waals surface area contributed by atoms with Crippen molar-refractivity contribution >= 4 is 35.7 Å². The van der Waals surface area contributed by atoms with Crippen molar-refractivity contribution in [3.05, 3.63) is 133 Å². The third-order valence-corrected chi connectivity index (χ3v) is 7.04. The van der Waals surface area contributed by atoms with Crippen LogP contribution < -0.4 is 16.4 Å². The molecule has 2 aromatic carbocycles. The van der Waals surface area contributed by atoms with Gasteiger partial charge >= 0.3 is 6.18 Å². The van der Waals surface area contributed by atoms with E-state index >= 15 is 0 Å². The molecule has 0 bridgehead atoms. The van der Waals surface area contributed by atoms with Crippen LogP contribution in [0.5, 0.6) is 0 Å². The summed E-state index contributed by atoms with van der Waals surface area (Å²) in [6.45, 7) is 6.48. The van der Waals surface area contributed by atoms with Crippen molar-refractivity contribution in [2.24, 2.45) is 10.7 Å². The molecule has 272 valence electrons. The maximum Gasteiger partial charge on any atom is 0.433 e. The summed E-state index contributed by atoms with van der Waals surface area (Å²) in [6.07, 6.45) is 2.55. The van der Waals surface area contributed by atoms with Crippen LogP contribution in [-0.4, -0.2) is 72.1 Å². The molecular weight excluding hydrogens is 683 g/mol. The van der Waals surface area contributed by atoms with Crippen LogP contribution in [0.3, 0.4) is 0 Å². The number of likely N-dealkylation sites (N-methyl/N-ethyl adjacent to an activating group) is 1. The number of para-hydroxylation sites is 1. The Morgan fingerprint density at radius 3 is 2.33 bits per heavy atom. The van der Waals surface area contributed by atoms with Crippen LogP contribution in [0.2, 0.25) is 0 Å². The highest BCUT2D eigenvalue weighted by Crippen LogP contribution is 2.27. The molecule has 14 nitrogen and oxygen atoms in total. The van der Waals surface area contributed by atoms with Gasteiger partial charge in [-0.3, -0.25) is 24.1 Å². The molecule has 2 aromatic heterocycles. The smallest absolute Gasteiger partial charge is 0.433 e. The highest BCUT2D eigenvalue weighted by molar-refractivity contribution is 6.13. The Morgan fingerprint density at radius 2 is 1.75 bits per heavy atom. The van der Waals surface area contributed by atoms with Gasteiger partial charge in [0.15, 0.2) is 0 Å². The molecule has 0 spiro atoms. The topological polar surface area (TPSA) is 198 Å². The number of benzene rings is 2. The molecule has 3 heterocycles. The Balaban J connectivity index is 0.000000293. The van der Waals surface area contributed by atoms with Crippen LogP contribution >= 0.6 is 0 Å². The number of likely N-dealkylation sites (tertiary alicyclic amines) is 1. The monoisotopic (exact) mass is 719 g/mol. The molecule has 1 unspecified atom stereocenters. The molecule has 1 atom stereocenters. The van der Waals surface area contributed by atoms with E-state index in [1.807, 2.05) is 41.0 Å². The van der Waals surface area contributed by atoms with Gasteiger partial charge in [0.05, 0.1) is 18.6 Å². The summed E-state index contributed by atoms with van der Waals surface area (Å²) in [5.74, 6) is -1.94. The molecule has 5 rings (SSSR count). The van der Waals surface area contributed by atoms with Crippen LogP contribution in [-0.2, 0) is 33.6 Å². The van der Waals surface area contributed by atoms with Gasteiger partial charge in [-0.1, -0.05) is 55.1 Å². The minimum atomic E-state index is -4.73. The van der Waals surface area contributed by atoms with E-state index in [-0.39, 0.29) is 25.3 Å². The maximum absolute atomic E-state index is 13.0. The number of hydrogen-bond acceptors (Lipinski definition) is 9. The van der Waals surface area contributed by atoms with Crippen LogP contribution in [0.15, 0.2) is 121 Å². The van der Waals surface area contributed by atoms with Gasteiger partial charge in [-0.05, 0) is 30.7 Å². The first-order valence-corrected chi connectivity index (χ1v) is 15.5. The van der Waals surface area contributed by atoms with E-state index < -0.39 is 35.6 Å². The summed E-state index contributed by atoms with van der Waals surface area (Å²) < 4.78 is 40.4. The molecule has 1 saturated heterocycles. The molecule has 17 heteroatoms. The number of nitrogens with one attached hydrogen (secondary N) is 2. The van der Waals surface area contributed by atoms with Crippen LogP contribution in [0, 0.1) is 0 Å². The summed E-state index contributed by atoms with van der Waals surface area (Å²) >= 11 is 0. The first kappa shape index (κ1) is 39.8. The molecule has 1 aliphatic rings. The zero-order valence-electron chi connectivity index (χ0n) is 27.9. The number of rotatable bonds is 9. The van der Waals surface area contributed by atoms with Gasteiger partial charge < -0.3 is 26.0 Å².